The predicted octanol–water partition coefficient (Wildman–Crippen LogP) is 6.39. The van der Waals surface area contributed by atoms with Crippen LogP contribution >= 0.6 is 0 Å². The van der Waals surface area contributed by atoms with Gasteiger partial charge in [-0.2, -0.15) is 0 Å². The Morgan fingerprint density at radius 3 is 1.72 bits per heavy atom. The highest BCUT2D eigenvalue weighted by molar-refractivity contribution is 6.06. The number of benzene rings is 4. The zero-order valence-corrected chi connectivity index (χ0v) is 19.6. The van der Waals surface area contributed by atoms with Gasteiger partial charge in [0.2, 0.25) is 0 Å². The molecule has 0 saturated carbocycles. The normalized spacial score (nSPS) is 10.2. The number of amides is 2. The third kappa shape index (κ3) is 6.36. The number of hydrogen-bond donors (Lipinski definition) is 2. The molecule has 0 radical (unpaired) electrons. The summed E-state index contributed by atoms with van der Waals surface area (Å²) in [6.45, 7) is 1.89. The minimum atomic E-state index is -0.805. The SMILES string of the molecule is CCOC(=O)Oc1ccc(C(=O)Nc2cccc(NC(=O)c3ccc(-c4ccccc4)cc3)c2)cc1. The van der Waals surface area contributed by atoms with Crippen molar-refractivity contribution in [1.29, 1.82) is 0 Å². The predicted molar refractivity (Wildman–Crippen MR) is 138 cm³/mol. The largest absolute Gasteiger partial charge is 0.513 e. The molecule has 7 nitrogen and oxygen atoms in total. The third-order valence-corrected chi connectivity index (χ3v) is 5.21. The van der Waals surface area contributed by atoms with Crippen LogP contribution in [0.25, 0.3) is 11.1 Å². The Hall–Kier alpha value is -4.91. The van der Waals surface area contributed by atoms with Crippen LogP contribution in [0.5, 0.6) is 5.75 Å². The van der Waals surface area contributed by atoms with E-state index in [2.05, 4.69) is 10.6 Å². The molecule has 0 unspecified atom stereocenters. The highest BCUT2D eigenvalue weighted by Crippen LogP contribution is 2.21. The van der Waals surface area contributed by atoms with Crippen molar-refractivity contribution < 1.29 is 23.9 Å². The van der Waals surface area contributed by atoms with Crippen molar-refractivity contribution in [2.24, 2.45) is 0 Å². The molecule has 4 rings (SSSR count). The second-order valence-corrected chi connectivity index (χ2v) is 7.74. The lowest BCUT2D eigenvalue weighted by Gasteiger charge is -2.10. The molecule has 4 aromatic rings. The molecule has 0 bridgehead atoms. The van der Waals surface area contributed by atoms with E-state index in [1.807, 2.05) is 42.5 Å². The second-order valence-electron chi connectivity index (χ2n) is 7.74. The van der Waals surface area contributed by atoms with E-state index in [-0.39, 0.29) is 24.2 Å². The summed E-state index contributed by atoms with van der Waals surface area (Å²) in [5.74, 6) is -0.334. The molecule has 0 aliphatic rings. The number of nitrogens with one attached hydrogen (secondary N) is 2. The maximum atomic E-state index is 12.7. The van der Waals surface area contributed by atoms with Crippen molar-refractivity contribution in [3.63, 3.8) is 0 Å². The van der Waals surface area contributed by atoms with E-state index in [1.165, 1.54) is 24.3 Å². The first-order chi connectivity index (χ1) is 17.5. The Balaban J connectivity index is 1.37. The van der Waals surface area contributed by atoms with Crippen molar-refractivity contribution in [2.75, 3.05) is 17.2 Å². The van der Waals surface area contributed by atoms with Crippen LogP contribution in [0.2, 0.25) is 0 Å². The molecule has 0 heterocycles. The average molecular weight is 481 g/mol. The van der Waals surface area contributed by atoms with Crippen molar-refractivity contribution in [3.05, 3.63) is 114 Å². The van der Waals surface area contributed by atoms with E-state index in [4.69, 9.17) is 9.47 Å². The number of carbonyl (C=O) groups is 3. The molecular weight excluding hydrogens is 456 g/mol. The number of rotatable bonds is 7. The smallest absolute Gasteiger partial charge is 0.434 e. The zero-order valence-electron chi connectivity index (χ0n) is 19.6. The van der Waals surface area contributed by atoms with Gasteiger partial charge in [0.15, 0.2) is 0 Å². The molecule has 0 saturated heterocycles. The molecular formula is C29H24N2O5. The fourth-order valence-corrected chi connectivity index (χ4v) is 3.44. The molecule has 36 heavy (non-hydrogen) atoms. The number of ether oxygens (including phenoxy) is 2. The summed E-state index contributed by atoms with van der Waals surface area (Å²) in [6, 6.07) is 30.3. The molecule has 0 spiro atoms. The van der Waals surface area contributed by atoms with E-state index in [1.54, 1.807) is 43.3 Å². The van der Waals surface area contributed by atoms with Gasteiger partial charge in [-0.15, -0.1) is 0 Å². The molecule has 0 aliphatic carbocycles. The average Bonchev–Trinajstić information content (AvgIpc) is 2.90. The summed E-state index contributed by atoms with van der Waals surface area (Å²) in [5, 5.41) is 5.65. The maximum Gasteiger partial charge on any atom is 0.513 e. The minimum Gasteiger partial charge on any atom is -0.434 e. The van der Waals surface area contributed by atoms with Crippen LogP contribution < -0.4 is 15.4 Å². The van der Waals surface area contributed by atoms with Gasteiger partial charge in [-0.05, 0) is 72.6 Å². The summed E-state index contributed by atoms with van der Waals surface area (Å²) < 4.78 is 9.72. The fraction of sp³-hybridized carbons (Fsp3) is 0.0690. The number of anilines is 2. The Bertz CT molecular complexity index is 1350. The first-order valence-corrected chi connectivity index (χ1v) is 11.3. The molecule has 180 valence electrons. The van der Waals surface area contributed by atoms with Crippen LogP contribution in [0.15, 0.2) is 103 Å². The summed E-state index contributed by atoms with van der Waals surface area (Å²) >= 11 is 0. The van der Waals surface area contributed by atoms with E-state index in [9.17, 15) is 14.4 Å². The van der Waals surface area contributed by atoms with Gasteiger partial charge in [-0.25, -0.2) is 4.79 Å². The fourth-order valence-electron chi connectivity index (χ4n) is 3.44. The topological polar surface area (TPSA) is 93.7 Å². The quantitative estimate of drug-likeness (QED) is 0.236. The zero-order chi connectivity index (χ0) is 25.3. The lowest BCUT2D eigenvalue weighted by atomic mass is 10.0. The molecule has 0 aromatic heterocycles. The Kier molecular flexibility index (Phi) is 7.73. The molecule has 0 fully saturated rings. The summed E-state index contributed by atoms with van der Waals surface area (Å²) in [6.07, 6.45) is -0.805. The van der Waals surface area contributed by atoms with E-state index in [0.717, 1.165) is 11.1 Å². The minimum absolute atomic E-state index is 0.208. The highest BCUT2D eigenvalue weighted by atomic mass is 16.7. The van der Waals surface area contributed by atoms with Crippen LogP contribution in [-0.2, 0) is 4.74 Å². The standard InChI is InChI=1S/C29H24N2O5/c1-2-35-29(34)36-26-17-15-23(16-18-26)28(33)31-25-10-6-9-24(19-25)30-27(32)22-13-11-21(12-14-22)20-7-4-3-5-8-20/h3-19H,2H2,1H3,(H,30,32)(H,31,33). The summed E-state index contributed by atoms with van der Waals surface area (Å²) in [5.41, 5.74) is 4.06. The van der Waals surface area contributed by atoms with Gasteiger partial charge in [0.25, 0.3) is 11.8 Å². The molecule has 4 aromatic carbocycles. The Morgan fingerprint density at radius 1 is 0.639 bits per heavy atom. The van der Waals surface area contributed by atoms with Gasteiger partial charge in [0.1, 0.15) is 5.75 Å². The van der Waals surface area contributed by atoms with Crippen LogP contribution in [-0.4, -0.2) is 24.6 Å². The molecule has 0 aliphatic heterocycles. The van der Waals surface area contributed by atoms with Gasteiger partial charge < -0.3 is 20.1 Å². The van der Waals surface area contributed by atoms with Gasteiger partial charge in [0, 0.05) is 22.5 Å². The van der Waals surface area contributed by atoms with Gasteiger partial charge in [-0.3, -0.25) is 9.59 Å². The lowest BCUT2D eigenvalue weighted by Crippen LogP contribution is -2.14. The van der Waals surface area contributed by atoms with Crippen LogP contribution in [0.3, 0.4) is 0 Å². The molecule has 7 heteroatoms. The van der Waals surface area contributed by atoms with E-state index < -0.39 is 6.16 Å². The number of carbonyl (C=O) groups excluding carboxylic acids is 3. The van der Waals surface area contributed by atoms with Gasteiger partial charge >= 0.3 is 6.16 Å². The van der Waals surface area contributed by atoms with Crippen LogP contribution in [0.1, 0.15) is 27.6 Å². The van der Waals surface area contributed by atoms with Gasteiger partial charge in [-0.1, -0.05) is 48.5 Å². The van der Waals surface area contributed by atoms with Gasteiger partial charge in [0.05, 0.1) is 6.61 Å². The third-order valence-electron chi connectivity index (χ3n) is 5.21. The van der Waals surface area contributed by atoms with Crippen molar-refractivity contribution in [3.8, 4) is 16.9 Å². The molecule has 2 amide bonds. The number of hydrogen-bond acceptors (Lipinski definition) is 5. The monoisotopic (exact) mass is 480 g/mol. The lowest BCUT2D eigenvalue weighted by molar-refractivity contribution is 0.101. The Labute approximate surface area is 208 Å². The van der Waals surface area contributed by atoms with Crippen LogP contribution in [0.4, 0.5) is 16.2 Å². The Morgan fingerprint density at radius 2 is 1.17 bits per heavy atom. The molecule has 0 atom stereocenters. The second kappa shape index (κ2) is 11.5. The van der Waals surface area contributed by atoms with Crippen molar-refractivity contribution in [1.82, 2.24) is 0 Å². The first kappa shape index (κ1) is 24.2. The van der Waals surface area contributed by atoms with Crippen molar-refractivity contribution >= 4 is 29.3 Å². The summed E-state index contributed by atoms with van der Waals surface area (Å²) in [7, 11) is 0. The summed E-state index contributed by atoms with van der Waals surface area (Å²) in [4.78, 5) is 36.7. The maximum absolute atomic E-state index is 12.7. The van der Waals surface area contributed by atoms with Crippen LogP contribution in [0, 0.1) is 0 Å². The highest BCUT2D eigenvalue weighted by Gasteiger charge is 2.11. The van der Waals surface area contributed by atoms with Crippen molar-refractivity contribution in [2.45, 2.75) is 6.92 Å². The van der Waals surface area contributed by atoms with E-state index in [0.29, 0.717) is 22.5 Å². The van der Waals surface area contributed by atoms with E-state index >= 15 is 0 Å². The molecule has 2 N–H and O–H groups in total. The first-order valence-electron chi connectivity index (χ1n) is 11.3.